The SMILES string of the molecule is CCn1c(COc2ccccc2F)nnc1SCC(=O)Nc1ccc(I)cc1. The van der Waals surface area contributed by atoms with Gasteiger partial charge in [-0.25, -0.2) is 4.39 Å². The number of para-hydroxylation sites is 1. The van der Waals surface area contributed by atoms with Gasteiger partial charge in [0, 0.05) is 15.8 Å². The number of anilines is 1. The first-order valence-electron chi connectivity index (χ1n) is 8.54. The van der Waals surface area contributed by atoms with Gasteiger partial charge in [0.25, 0.3) is 0 Å². The zero-order valence-corrected chi connectivity index (χ0v) is 18.0. The number of hydrogen-bond acceptors (Lipinski definition) is 5. The summed E-state index contributed by atoms with van der Waals surface area (Å²) in [6.45, 7) is 2.66. The van der Waals surface area contributed by atoms with E-state index in [0.717, 1.165) is 9.26 Å². The summed E-state index contributed by atoms with van der Waals surface area (Å²) >= 11 is 3.50. The lowest BCUT2D eigenvalue weighted by molar-refractivity contribution is -0.113. The molecule has 3 rings (SSSR count). The molecule has 9 heteroatoms. The van der Waals surface area contributed by atoms with E-state index in [4.69, 9.17) is 4.74 Å². The lowest BCUT2D eigenvalue weighted by Gasteiger charge is -2.09. The molecule has 0 fully saturated rings. The van der Waals surface area contributed by atoms with Crippen LogP contribution in [-0.4, -0.2) is 26.4 Å². The highest BCUT2D eigenvalue weighted by molar-refractivity contribution is 14.1. The Morgan fingerprint density at radius 1 is 1.21 bits per heavy atom. The minimum Gasteiger partial charge on any atom is -0.483 e. The zero-order valence-electron chi connectivity index (χ0n) is 15.1. The Bertz CT molecular complexity index is 949. The summed E-state index contributed by atoms with van der Waals surface area (Å²) in [6.07, 6.45) is 0. The molecule has 28 heavy (non-hydrogen) atoms. The van der Waals surface area contributed by atoms with E-state index in [1.807, 2.05) is 35.8 Å². The van der Waals surface area contributed by atoms with Gasteiger partial charge in [-0.3, -0.25) is 4.79 Å². The van der Waals surface area contributed by atoms with Crippen LogP contribution in [0, 0.1) is 9.39 Å². The van der Waals surface area contributed by atoms with Gasteiger partial charge in [0.1, 0.15) is 6.61 Å². The summed E-state index contributed by atoms with van der Waals surface area (Å²) in [6, 6.07) is 13.8. The van der Waals surface area contributed by atoms with Crippen molar-refractivity contribution in [1.29, 1.82) is 0 Å². The van der Waals surface area contributed by atoms with Gasteiger partial charge in [-0.05, 0) is 65.9 Å². The fraction of sp³-hybridized carbons (Fsp3) is 0.211. The molecule has 0 saturated carbocycles. The third-order valence-electron chi connectivity index (χ3n) is 3.76. The van der Waals surface area contributed by atoms with Crippen LogP contribution in [0.25, 0.3) is 0 Å². The number of ether oxygens (including phenoxy) is 1. The number of halogens is 2. The van der Waals surface area contributed by atoms with Crippen molar-refractivity contribution in [3.63, 3.8) is 0 Å². The van der Waals surface area contributed by atoms with Crippen molar-refractivity contribution in [3.05, 3.63) is 63.7 Å². The van der Waals surface area contributed by atoms with Gasteiger partial charge in [0.15, 0.2) is 22.5 Å². The van der Waals surface area contributed by atoms with Crippen LogP contribution in [0.3, 0.4) is 0 Å². The molecule has 0 radical (unpaired) electrons. The second-order valence-corrected chi connectivity index (χ2v) is 7.89. The Morgan fingerprint density at radius 2 is 1.96 bits per heavy atom. The molecule has 1 heterocycles. The second-order valence-electron chi connectivity index (χ2n) is 5.71. The Balaban J connectivity index is 1.58. The Labute approximate surface area is 180 Å². The van der Waals surface area contributed by atoms with Gasteiger partial charge in [0.2, 0.25) is 5.91 Å². The van der Waals surface area contributed by atoms with Crippen molar-refractivity contribution in [2.45, 2.75) is 25.2 Å². The van der Waals surface area contributed by atoms with E-state index in [1.54, 1.807) is 18.2 Å². The molecule has 0 saturated heterocycles. The van der Waals surface area contributed by atoms with E-state index in [9.17, 15) is 9.18 Å². The van der Waals surface area contributed by atoms with Gasteiger partial charge in [0.05, 0.1) is 5.75 Å². The Kier molecular flexibility index (Phi) is 7.26. The highest BCUT2D eigenvalue weighted by Gasteiger charge is 2.14. The van der Waals surface area contributed by atoms with Crippen LogP contribution in [-0.2, 0) is 17.9 Å². The van der Waals surface area contributed by atoms with Crippen molar-refractivity contribution in [1.82, 2.24) is 14.8 Å². The maximum atomic E-state index is 13.7. The van der Waals surface area contributed by atoms with Gasteiger partial charge in [-0.1, -0.05) is 23.9 Å². The molecule has 0 atom stereocenters. The molecule has 3 aromatic rings. The average Bonchev–Trinajstić information content (AvgIpc) is 3.09. The van der Waals surface area contributed by atoms with E-state index < -0.39 is 5.82 Å². The highest BCUT2D eigenvalue weighted by Crippen LogP contribution is 2.20. The van der Waals surface area contributed by atoms with Gasteiger partial charge < -0.3 is 14.6 Å². The highest BCUT2D eigenvalue weighted by atomic mass is 127. The van der Waals surface area contributed by atoms with Crippen LogP contribution in [0.2, 0.25) is 0 Å². The van der Waals surface area contributed by atoms with E-state index in [-0.39, 0.29) is 24.0 Å². The maximum Gasteiger partial charge on any atom is 0.234 e. The van der Waals surface area contributed by atoms with Crippen molar-refractivity contribution >= 4 is 45.9 Å². The number of carbonyl (C=O) groups is 1. The molecule has 1 amide bonds. The number of rotatable bonds is 8. The predicted molar refractivity (Wildman–Crippen MR) is 115 cm³/mol. The third kappa shape index (κ3) is 5.44. The summed E-state index contributed by atoms with van der Waals surface area (Å²) in [7, 11) is 0. The van der Waals surface area contributed by atoms with E-state index >= 15 is 0 Å². The van der Waals surface area contributed by atoms with Crippen LogP contribution in [0.5, 0.6) is 5.75 Å². The number of carbonyl (C=O) groups excluding carboxylic acids is 1. The van der Waals surface area contributed by atoms with Gasteiger partial charge in [-0.15, -0.1) is 10.2 Å². The number of nitrogens with one attached hydrogen (secondary N) is 1. The molecular weight excluding hydrogens is 494 g/mol. The van der Waals surface area contributed by atoms with Crippen LogP contribution in [0.4, 0.5) is 10.1 Å². The fourth-order valence-corrected chi connectivity index (χ4v) is 3.60. The molecule has 1 N–H and O–H groups in total. The third-order valence-corrected chi connectivity index (χ3v) is 5.45. The summed E-state index contributed by atoms with van der Waals surface area (Å²) < 4.78 is 22.1. The Morgan fingerprint density at radius 3 is 2.68 bits per heavy atom. The van der Waals surface area contributed by atoms with Crippen LogP contribution < -0.4 is 10.1 Å². The lowest BCUT2D eigenvalue weighted by atomic mass is 10.3. The van der Waals surface area contributed by atoms with E-state index in [0.29, 0.717) is 17.5 Å². The molecular formula is C19H18FIN4O2S. The molecule has 0 aliphatic rings. The largest absolute Gasteiger partial charge is 0.483 e. The fourth-order valence-electron chi connectivity index (χ4n) is 2.41. The molecule has 0 unspecified atom stereocenters. The van der Waals surface area contributed by atoms with Gasteiger partial charge >= 0.3 is 0 Å². The number of aromatic nitrogens is 3. The van der Waals surface area contributed by atoms with Crippen molar-refractivity contribution in [2.75, 3.05) is 11.1 Å². The maximum absolute atomic E-state index is 13.7. The van der Waals surface area contributed by atoms with E-state index in [2.05, 4.69) is 38.1 Å². The molecule has 1 aromatic heterocycles. The van der Waals surface area contributed by atoms with Crippen LogP contribution in [0.15, 0.2) is 53.7 Å². The molecule has 0 aliphatic carbocycles. The minimum absolute atomic E-state index is 0.0944. The number of hydrogen-bond donors (Lipinski definition) is 1. The second kappa shape index (κ2) is 9.87. The molecule has 2 aromatic carbocycles. The monoisotopic (exact) mass is 512 g/mol. The number of amides is 1. The first-order valence-corrected chi connectivity index (χ1v) is 10.6. The first-order chi connectivity index (χ1) is 13.6. The van der Waals surface area contributed by atoms with Crippen molar-refractivity contribution in [2.24, 2.45) is 0 Å². The zero-order chi connectivity index (χ0) is 19.9. The summed E-state index contributed by atoms with van der Waals surface area (Å²) in [5.74, 6) is 0.400. The predicted octanol–water partition coefficient (Wildman–Crippen LogP) is 4.35. The summed E-state index contributed by atoms with van der Waals surface area (Å²) in [5, 5.41) is 11.7. The molecule has 6 nitrogen and oxygen atoms in total. The van der Waals surface area contributed by atoms with Gasteiger partial charge in [-0.2, -0.15) is 0 Å². The number of thioether (sulfide) groups is 1. The van der Waals surface area contributed by atoms with Crippen LogP contribution in [0.1, 0.15) is 12.7 Å². The quantitative estimate of drug-likeness (QED) is 0.359. The van der Waals surface area contributed by atoms with E-state index in [1.165, 1.54) is 17.8 Å². The lowest BCUT2D eigenvalue weighted by Crippen LogP contribution is -2.15. The Hall–Kier alpha value is -2.14. The van der Waals surface area contributed by atoms with Crippen molar-refractivity contribution < 1.29 is 13.9 Å². The topological polar surface area (TPSA) is 69.0 Å². The standard InChI is InChI=1S/C19H18FIN4O2S/c1-2-25-17(11-27-16-6-4-3-5-15(16)20)23-24-19(25)28-12-18(26)22-14-9-7-13(21)8-10-14/h3-10H,2,11-12H2,1H3,(H,22,26). The first kappa shape index (κ1) is 20.6. The normalized spacial score (nSPS) is 10.7. The molecule has 0 bridgehead atoms. The smallest absolute Gasteiger partial charge is 0.234 e. The summed E-state index contributed by atoms with van der Waals surface area (Å²) in [4.78, 5) is 12.2. The number of benzene rings is 2. The van der Waals surface area contributed by atoms with Crippen molar-refractivity contribution in [3.8, 4) is 5.75 Å². The molecule has 146 valence electrons. The number of nitrogens with zero attached hydrogens (tertiary/aromatic N) is 3. The summed E-state index contributed by atoms with van der Waals surface area (Å²) in [5.41, 5.74) is 0.752. The molecule has 0 spiro atoms. The molecule has 0 aliphatic heterocycles. The average molecular weight is 512 g/mol. The minimum atomic E-state index is -0.424. The van der Waals surface area contributed by atoms with Crippen LogP contribution >= 0.6 is 34.4 Å².